The summed E-state index contributed by atoms with van der Waals surface area (Å²) in [6.07, 6.45) is 2.90. The van der Waals surface area contributed by atoms with E-state index in [0.717, 1.165) is 0 Å². The van der Waals surface area contributed by atoms with Crippen molar-refractivity contribution in [3.8, 4) is 0 Å². The Morgan fingerprint density at radius 1 is 1.69 bits per heavy atom. The Morgan fingerprint density at radius 2 is 2.44 bits per heavy atom. The third-order valence-electron chi connectivity index (χ3n) is 2.98. The molecule has 1 fully saturated rings. The molecule has 90 valence electrons. The molecular weight excluding hydrogens is 230 g/mol. The van der Waals surface area contributed by atoms with Crippen molar-refractivity contribution in [3.63, 3.8) is 0 Å². The maximum atomic E-state index is 12.0. The van der Waals surface area contributed by atoms with Crippen LogP contribution in [0.5, 0.6) is 0 Å². The van der Waals surface area contributed by atoms with Crippen LogP contribution in [0.15, 0.2) is 17.3 Å². The quantitative estimate of drug-likeness (QED) is 0.772. The van der Waals surface area contributed by atoms with Crippen LogP contribution in [0.2, 0.25) is 0 Å². The van der Waals surface area contributed by atoms with Crippen LogP contribution in [0.4, 0.5) is 0 Å². The van der Waals surface area contributed by atoms with Gasteiger partial charge < -0.3 is 5.11 Å². The zero-order valence-corrected chi connectivity index (χ0v) is 9.81. The molecule has 0 bridgehead atoms. The molecule has 1 aromatic rings. The first-order chi connectivity index (χ1) is 7.51. The van der Waals surface area contributed by atoms with Gasteiger partial charge in [0.25, 0.3) is 0 Å². The van der Waals surface area contributed by atoms with Crippen molar-refractivity contribution in [2.45, 2.75) is 24.3 Å². The van der Waals surface area contributed by atoms with E-state index in [1.165, 1.54) is 16.7 Å². The Labute approximate surface area is 94.3 Å². The average molecular weight is 245 g/mol. The predicted octanol–water partition coefficient (Wildman–Crippen LogP) is -0.199. The molecule has 1 aliphatic heterocycles. The van der Waals surface area contributed by atoms with E-state index in [9.17, 15) is 13.5 Å². The lowest BCUT2D eigenvalue weighted by molar-refractivity contribution is 0.133. The van der Waals surface area contributed by atoms with Crippen molar-refractivity contribution in [3.05, 3.63) is 12.4 Å². The number of aliphatic hydroxyl groups is 1. The van der Waals surface area contributed by atoms with Crippen molar-refractivity contribution in [1.82, 2.24) is 14.5 Å². The van der Waals surface area contributed by atoms with E-state index >= 15 is 0 Å². The topological polar surface area (TPSA) is 86.3 Å². The molecule has 2 unspecified atom stereocenters. The first kappa shape index (κ1) is 11.6. The van der Waals surface area contributed by atoms with Crippen molar-refractivity contribution in [1.29, 1.82) is 0 Å². The van der Waals surface area contributed by atoms with E-state index in [4.69, 9.17) is 0 Å². The lowest BCUT2D eigenvalue weighted by atomic mass is 10.0. The number of H-pyrrole nitrogens is 1. The highest BCUT2D eigenvalue weighted by Crippen LogP contribution is 2.25. The van der Waals surface area contributed by atoms with Gasteiger partial charge >= 0.3 is 0 Å². The molecule has 0 amide bonds. The van der Waals surface area contributed by atoms with E-state index < -0.39 is 16.1 Å². The van der Waals surface area contributed by atoms with Gasteiger partial charge in [0.2, 0.25) is 10.0 Å². The van der Waals surface area contributed by atoms with Gasteiger partial charge in [-0.15, -0.1) is 0 Å². The van der Waals surface area contributed by atoms with Crippen molar-refractivity contribution in [2.75, 3.05) is 13.1 Å². The zero-order chi connectivity index (χ0) is 11.8. The lowest BCUT2D eigenvalue weighted by Gasteiger charge is -2.16. The van der Waals surface area contributed by atoms with Crippen molar-refractivity contribution >= 4 is 10.0 Å². The van der Waals surface area contributed by atoms with Gasteiger partial charge in [-0.2, -0.15) is 9.40 Å². The van der Waals surface area contributed by atoms with Gasteiger partial charge in [-0.1, -0.05) is 0 Å². The third-order valence-corrected chi connectivity index (χ3v) is 4.81. The molecule has 16 heavy (non-hydrogen) atoms. The third kappa shape index (κ3) is 1.98. The van der Waals surface area contributed by atoms with Crippen LogP contribution in [-0.2, 0) is 10.0 Å². The minimum absolute atomic E-state index is 0.0293. The summed E-state index contributed by atoms with van der Waals surface area (Å²) in [6, 6.07) is 0. The molecule has 1 aromatic heterocycles. The fraction of sp³-hybridized carbons (Fsp3) is 0.667. The number of nitrogens with one attached hydrogen (secondary N) is 1. The largest absolute Gasteiger partial charge is 0.393 e. The van der Waals surface area contributed by atoms with Gasteiger partial charge in [0.15, 0.2) is 0 Å². The fourth-order valence-corrected chi connectivity index (χ4v) is 3.31. The lowest BCUT2D eigenvalue weighted by Crippen LogP contribution is -2.30. The summed E-state index contributed by atoms with van der Waals surface area (Å²) >= 11 is 0. The second-order valence-electron chi connectivity index (χ2n) is 4.09. The Bertz CT molecular complexity index is 441. The number of aromatic amines is 1. The minimum atomic E-state index is -3.43. The summed E-state index contributed by atoms with van der Waals surface area (Å²) in [5.41, 5.74) is 0. The summed E-state index contributed by atoms with van der Waals surface area (Å²) < 4.78 is 25.5. The smallest absolute Gasteiger partial charge is 0.246 e. The van der Waals surface area contributed by atoms with Gasteiger partial charge in [-0.3, -0.25) is 5.10 Å². The molecule has 0 spiro atoms. The SMILES string of the molecule is CC(O)C1CCN(S(=O)(=O)c2cn[nH]c2)C1. The van der Waals surface area contributed by atoms with Gasteiger partial charge in [0.1, 0.15) is 4.90 Å². The molecular formula is C9H15N3O3S. The number of aromatic nitrogens is 2. The summed E-state index contributed by atoms with van der Waals surface area (Å²) in [4.78, 5) is 0.179. The van der Waals surface area contributed by atoms with Crippen LogP contribution < -0.4 is 0 Å². The monoisotopic (exact) mass is 245 g/mol. The Morgan fingerprint density at radius 3 is 2.94 bits per heavy atom. The maximum Gasteiger partial charge on any atom is 0.246 e. The zero-order valence-electron chi connectivity index (χ0n) is 9.00. The highest BCUT2D eigenvalue weighted by Gasteiger charge is 2.34. The molecule has 0 saturated carbocycles. The Balaban J connectivity index is 2.16. The fourth-order valence-electron chi connectivity index (χ4n) is 1.90. The van der Waals surface area contributed by atoms with E-state index in [1.54, 1.807) is 6.92 Å². The van der Waals surface area contributed by atoms with Crippen LogP contribution in [0, 0.1) is 5.92 Å². The highest BCUT2D eigenvalue weighted by atomic mass is 32.2. The Kier molecular flexibility index (Phi) is 3.00. The molecule has 7 heteroatoms. The van der Waals surface area contributed by atoms with Crippen LogP contribution in [-0.4, -0.2) is 47.2 Å². The number of aliphatic hydroxyl groups excluding tert-OH is 1. The number of sulfonamides is 1. The second-order valence-corrected chi connectivity index (χ2v) is 6.02. The number of hydrogen-bond donors (Lipinski definition) is 2. The summed E-state index contributed by atoms with van der Waals surface area (Å²) in [5, 5.41) is 15.5. The minimum Gasteiger partial charge on any atom is -0.393 e. The van der Waals surface area contributed by atoms with Crippen LogP contribution in [0.3, 0.4) is 0 Å². The van der Waals surface area contributed by atoms with Crippen LogP contribution in [0.1, 0.15) is 13.3 Å². The highest BCUT2D eigenvalue weighted by molar-refractivity contribution is 7.89. The molecule has 1 aliphatic rings. The summed E-state index contributed by atoms with van der Waals surface area (Å²) in [5.74, 6) is 0.0293. The molecule has 2 rings (SSSR count). The standard InChI is InChI=1S/C9H15N3O3S/c1-7(13)8-2-3-12(6-8)16(14,15)9-4-10-11-5-9/h4-5,7-8,13H,2-3,6H2,1H3,(H,10,11). The molecule has 0 aliphatic carbocycles. The molecule has 0 radical (unpaired) electrons. The first-order valence-corrected chi connectivity index (χ1v) is 6.63. The summed E-state index contributed by atoms with van der Waals surface area (Å²) in [6.45, 7) is 2.53. The first-order valence-electron chi connectivity index (χ1n) is 5.19. The molecule has 2 heterocycles. The van der Waals surface area contributed by atoms with E-state index in [2.05, 4.69) is 10.2 Å². The van der Waals surface area contributed by atoms with Crippen LogP contribution in [0.25, 0.3) is 0 Å². The average Bonchev–Trinajstić information content (AvgIpc) is 2.90. The van der Waals surface area contributed by atoms with Gasteiger partial charge in [0, 0.05) is 19.3 Å². The molecule has 0 aromatic carbocycles. The second kappa shape index (κ2) is 4.15. The van der Waals surface area contributed by atoms with Gasteiger partial charge in [-0.25, -0.2) is 8.42 Å². The molecule has 1 saturated heterocycles. The Hall–Kier alpha value is -0.920. The van der Waals surface area contributed by atoms with Crippen molar-refractivity contribution in [2.24, 2.45) is 5.92 Å². The molecule has 6 nitrogen and oxygen atoms in total. The number of rotatable bonds is 3. The summed E-state index contributed by atoms with van der Waals surface area (Å²) in [7, 11) is -3.43. The normalized spacial score (nSPS) is 24.8. The van der Waals surface area contributed by atoms with E-state index in [-0.39, 0.29) is 10.8 Å². The number of nitrogens with zero attached hydrogens (tertiary/aromatic N) is 2. The molecule has 2 N–H and O–H groups in total. The molecule has 2 atom stereocenters. The van der Waals surface area contributed by atoms with Crippen molar-refractivity contribution < 1.29 is 13.5 Å². The van der Waals surface area contributed by atoms with Gasteiger partial charge in [-0.05, 0) is 19.3 Å². The maximum absolute atomic E-state index is 12.0. The van der Waals surface area contributed by atoms with E-state index in [0.29, 0.717) is 19.5 Å². The number of hydrogen-bond acceptors (Lipinski definition) is 4. The van der Waals surface area contributed by atoms with E-state index in [1.807, 2.05) is 0 Å². The predicted molar refractivity (Wildman–Crippen MR) is 57.1 cm³/mol. The van der Waals surface area contributed by atoms with Crippen LogP contribution >= 0.6 is 0 Å². The van der Waals surface area contributed by atoms with Gasteiger partial charge in [0.05, 0.1) is 12.3 Å².